The van der Waals surface area contributed by atoms with Crippen LogP contribution < -0.4 is 0 Å². The van der Waals surface area contributed by atoms with Gasteiger partial charge in [0.1, 0.15) is 5.41 Å². The van der Waals surface area contributed by atoms with E-state index in [0.29, 0.717) is 10.5 Å². The molecule has 0 bridgehead atoms. The molecule has 146 valence electrons. The van der Waals surface area contributed by atoms with Gasteiger partial charge in [-0.25, -0.2) is 0 Å². The summed E-state index contributed by atoms with van der Waals surface area (Å²) in [5.74, 6) is -0.102. The molecule has 2 nitrogen and oxygen atoms in total. The molecule has 0 saturated carbocycles. The van der Waals surface area contributed by atoms with Crippen molar-refractivity contribution in [3.63, 3.8) is 0 Å². The van der Waals surface area contributed by atoms with Crippen LogP contribution in [0.25, 0.3) is 0 Å². The predicted octanol–water partition coefficient (Wildman–Crippen LogP) is 5.33. The van der Waals surface area contributed by atoms with Crippen molar-refractivity contribution in [2.24, 2.45) is 0 Å². The standard InChI is InChI=1S/C24H34O2Si/c1-2-3-4-5-6-7-8-15-20-24(23(25)26-27,21-16-11-9-12-17-21)22-18-13-10-14-19-22/h9-14,16-19H,2-8,15,20H2,1,27H3. The molecule has 0 aliphatic heterocycles. The Kier molecular flexibility index (Phi) is 9.33. The number of unbranched alkanes of at least 4 members (excludes halogenated alkanes) is 7. The molecule has 0 fully saturated rings. The van der Waals surface area contributed by atoms with Gasteiger partial charge in [-0.1, -0.05) is 119 Å². The van der Waals surface area contributed by atoms with Gasteiger partial charge in [0, 0.05) is 0 Å². The Hall–Kier alpha value is -1.87. The van der Waals surface area contributed by atoms with Crippen LogP contribution in [0.2, 0.25) is 0 Å². The largest absolute Gasteiger partial charge is 0.528 e. The molecule has 2 rings (SSSR count). The van der Waals surface area contributed by atoms with E-state index in [9.17, 15) is 4.79 Å². The fraction of sp³-hybridized carbons (Fsp3) is 0.458. The molecule has 0 aromatic heterocycles. The Morgan fingerprint density at radius 2 is 1.22 bits per heavy atom. The van der Waals surface area contributed by atoms with E-state index in [1.54, 1.807) is 0 Å². The number of carbonyl (C=O) groups excluding carboxylic acids is 1. The molecule has 0 saturated heterocycles. The fourth-order valence-electron chi connectivity index (χ4n) is 3.94. The first-order chi connectivity index (χ1) is 13.3. The van der Waals surface area contributed by atoms with Crippen LogP contribution in [0.5, 0.6) is 0 Å². The molecule has 0 radical (unpaired) electrons. The van der Waals surface area contributed by atoms with Crippen LogP contribution in [-0.4, -0.2) is 16.5 Å². The van der Waals surface area contributed by atoms with Gasteiger partial charge in [0.2, 0.25) is 10.5 Å². The molecule has 0 heterocycles. The van der Waals surface area contributed by atoms with Crippen LogP contribution in [-0.2, 0) is 14.6 Å². The molecule has 0 aliphatic carbocycles. The van der Waals surface area contributed by atoms with Crippen molar-refractivity contribution in [1.29, 1.82) is 0 Å². The number of rotatable bonds is 12. The zero-order valence-electron chi connectivity index (χ0n) is 17.0. The Labute approximate surface area is 167 Å². The maximum atomic E-state index is 13.1. The molecule has 2 aromatic carbocycles. The highest BCUT2D eigenvalue weighted by atomic mass is 28.2. The van der Waals surface area contributed by atoms with Crippen molar-refractivity contribution in [3.05, 3.63) is 71.8 Å². The number of hydrogen-bond donors (Lipinski definition) is 0. The summed E-state index contributed by atoms with van der Waals surface area (Å²) in [6, 6.07) is 20.3. The smallest absolute Gasteiger partial charge is 0.307 e. The van der Waals surface area contributed by atoms with Crippen molar-refractivity contribution >= 4 is 16.5 Å². The minimum absolute atomic E-state index is 0.102. The van der Waals surface area contributed by atoms with E-state index in [0.717, 1.165) is 24.0 Å². The molecule has 0 N–H and O–H groups in total. The third kappa shape index (κ3) is 5.80. The van der Waals surface area contributed by atoms with Gasteiger partial charge in [0.25, 0.3) is 0 Å². The molecule has 27 heavy (non-hydrogen) atoms. The molecule has 0 amide bonds. The second kappa shape index (κ2) is 11.8. The summed E-state index contributed by atoms with van der Waals surface area (Å²) in [5, 5.41) is 0. The first-order valence-corrected chi connectivity index (χ1v) is 11.3. The van der Waals surface area contributed by atoms with E-state index >= 15 is 0 Å². The van der Waals surface area contributed by atoms with Gasteiger partial charge in [-0.2, -0.15) is 0 Å². The monoisotopic (exact) mass is 382 g/mol. The van der Waals surface area contributed by atoms with Gasteiger partial charge < -0.3 is 4.43 Å². The zero-order valence-corrected chi connectivity index (χ0v) is 19.0. The lowest BCUT2D eigenvalue weighted by Crippen LogP contribution is -2.38. The van der Waals surface area contributed by atoms with E-state index in [1.807, 2.05) is 36.4 Å². The normalized spacial score (nSPS) is 11.4. The van der Waals surface area contributed by atoms with E-state index in [2.05, 4.69) is 31.2 Å². The average Bonchev–Trinajstić information content (AvgIpc) is 2.73. The summed E-state index contributed by atoms with van der Waals surface area (Å²) in [7, 11) is 0.418. The Balaban J connectivity index is 2.14. The van der Waals surface area contributed by atoms with Gasteiger partial charge in [0.15, 0.2) is 0 Å². The highest BCUT2D eigenvalue weighted by Crippen LogP contribution is 2.38. The molecule has 0 unspecified atom stereocenters. The Bertz CT molecular complexity index is 615. The van der Waals surface area contributed by atoms with Gasteiger partial charge in [-0.15, -0.1) is 0 Å². The number of benzene rings is 2. The molecule has 0 atom stereocenters. The third-order valence-corrected chi connectivity index (χ3v) is 5.84. The summed E-state index contributed by atoms with van der Waals surface area (Å²) in [5.41, 5.74) is 1.40. The van der Waals surface area contributed by atoms with Crippen molar-refractivity contribution < 1.29 is 9.22 Å². The van der Waals surface area contributed by atoms with E-state index in [1.165, 1.54) is 44.9 Å². The first-order valence-electron chi connectivity index (χ1n) is 10.4. The molecular formula is C24H34O2Si. The lowest BCUT2D eigenvalue weighted by Gasteiger charge is -2.32. The molecule has 0 spiro atoms. The Morgan fingerprint density at radius 3 is 1.67 bits per heavy atom. The van der Waals surface area contributed by atoms with Crippen LogP contribution in [0.4, 0.5) is 0 Å². The van der Waals surface area contributed by atoms with Crippen LogP contribution in [0.15, 0.2) is 60.7 Å². The molecular weight excluding hydrogens is 348 g/mol. The van der Waals surface area contributed by atoms with Crippen molar-refractivity contribution in [2.75, 3.05) is 0 Å². The van der Waals surface area contributed by atoms with Gasteiger partial charge in [-0.05, 0) is 17.5 Å². The van der Waals surface area contributed by atoms with Crippen LogP contribution in [0, 0.1) is 0 Å². The van der Waals surface area contributed by atoms with Crippen molar-refractivity contribution in [1.82, 2.24) is 0 Å². The fourth-order valence-corrected chi connectivity index (χ4v) is 4.29. The van der Waals surface area contributed by atoms with Gasteiger partial charge >= 0.3 is 5.97 Å². The lowest BCUT2D eigenvalue weighted by molar-refractivity contribution is -0.139. The SMILES string of the molecule is CCCCCCCCCCC(C(=O)O[SiH3])(c1ccccc1)c1ccccc1. The molecule has 0 aliphatic rings. The summed E-state index contributed by atoms with van der Waals surface area (Å²) < 4.78 is 5.45. The average molecular weight is 383 g/mol. The second-order valence-electron chi connectivity index (χ2n) is 7.35. The predicted molar refractivity (Wildman–Crippen MR) is 117 cm³/mol. The van der Waals surface area contributed by atoms with E-state index in [4.69, 9.17) is 4.43 Å². The van der Waals surface area contributed by atoms with E-state index in [-0.39, 0.29) is 5.97 Å². The Morgan fingerprint density at radius 1 is 0.778 bits per heavy atom. The topological polar surface area (TPSA) is 26.3 Å². The van der Waals surface area contributed by atoms with Crippen molar-refractivity contribution in [3.8, 4) is 0 Å². The quantitative estimate of drug-likeness (QED) is 0.366. The summed E-state index contributed by atoms with van der Waals surface area (Å²) >= 11 is 0. The molecule has 3 heteroatoms. The summed E-state index contributed by atoms with van der Waals surface area (Å²) in [6.07, 6.45) is 10.9. The first kappa shape index (κ1) is 21.4. The maximum absolute atomic E-state index is 13.1. The lowest BCUT2D eigenvalue weighted by atomic mass is 9.71. The van der Waals surface area contributed by atoms with Crippen LogP contribution in [0.1, 0.15) is 75.8 Å². The number of hydrogen-bond acceptors (Lipinski definition) is 2. The highest BCUT2D eigenvalue weighted by molar-refractivity contribution is 6.08. The van der Waals surface area contributed by atoms with E-state index < -0.39 is 5.41 Å². The third-order valence-electron chi connectivity index (χ3n) is 5.47. The number of carbonyl (C=O) groups is 1. The summed E-state index contributed by atoms with van der Waals surface area (Å²) in [4.78, 5) is 13.1. The van der Waals surface area contributed by atoms with Crippen molar-refractivity contribution in [2.45, 2.75) is 70.1 Å². The van der Waals surface area contributed by atoms with Gasteiger partial charge in [0.05, 0.1) is 0 Å². The summed E-state index contributed by atoms with van der Waals surface area (Å²) in [6.45, 7) is 2.25. The molecule has 2 aromatic rings. The highest BCUT2D eigenvalue weighted by Gasteiger charge is 2.42. The maximum Gasteiger partial charge on any atom is 0.307 e. The van der Waals surface area contributed by atoms with Crippen LogP contribution >= 0.6 is 0 Å². The minimum Gasteiger partial charge on any atom is -0.528 e. The van der Waals surface area contributed by atoms with Gasteiger partial charge in [-0.3, -0.25) is 4.79 Å². The second-order valence-corrected chi connectivity index (χ2v) is 7.76. The zero-order chi connectivity index (χ0) is 19.4. The minimum atomic E-state index is -0.688. The van der Waals surface area contributed by atoms with Crippen LogP contribution in [0.3, 0.4) is 0 Å².